The number of hydrogen-bond donors (Lipinski definition) is 1. The van der Waals surface area contributed by atoms with Crippen LogP contribution in [0.5, 0.6) is 0 Å². The molecule has 1 aliphatic carbocycles. The van der Waals surface area contributed by atoms with Crippen LogP contribution >= 0.6 is 0 Å². The van der Waals surface area contributed by atoms with Crippen LogP contribution in [-0.4, -0.2) is 18.6 Å². The van der Waals surface area contributed by atoms with Gasteiger partial charge in [0.25, 0.3) is 0 Å². The Balaban J connectivity index is 2.09. The molecule has 2 atom stereocenters. The molecule has 2 N–H and O–H groups in total. The molecule has 92 valence electrons. The molecule has 0 spiro atoms. The van der Waals surface area contributed by atoms with Gasteiger partial charge in [0.2, 0.25) is 0 Å². The highest BCUT2D eigenvalue weighted by atomic mass is 16.5. The molecule has 0 heterocycles. The van der Waals surface area contributed by atoms with Crippen molar-refractivity contribution in [2.75, 3.05) is 6.54 Å². The summed E-state index contributed by atoms with van der Waals surface area (Å²) in [5, 5.41) is 0. The van der Waals surface area contributed by atoms with Crippen molar-refractivity contribution in [1.29, 1.82) is 0 Å². The lowest BCUT2D eigenvalue weighted by Gasteiger charge is -2.31. The van der Waals surface area contributed by atoms with Gasteiger partial charge in [-0.25, -0.2) is 0 Å². The summed E-state index contributed by atoms with van der Waals surface area (Å²) in [6.45, 7) is -0.0298. The van der Waals surface area contributed by atoms with Crippen molar-refractivity contribution >= 4 is 5.97 Å². The van der Waals surface area contributed by atoms with Crippen LogP contribution in [0.25, 0.3) is 0 Å². The number of nitrogens with two attached hydrogens (primary N) is 1. The number of esters is 1. The van der Waals surface area contributed by atoms with Crippen LogP contribution in [0.2, 0.25) is 0 Å². The molecule has 1 fully saturated rings. The first-order valence-electron chi connectivity index (χ1n) is 6.25. The first kappa shape index (κ1) is 12.1. The Hall–Kier alpha value is -1.35. The van der Waals surface area contributed by atoms with E-state index in [0.29, 0.717) is 5.92 Å². The maximum absolute atomic E-state index is 11.3. The van der Waals surface area contributed by atoms with Gasteiger partial charge in [-0.05, 0) is 24.8 Å². The summed E-state index contributed by atoms with van der Waals surface area (Å²) in [6.07, 6.45) is 4.38. The average molecular weight is 233 g/mol. The Morgan fingerprint density at radius 2 is 1.94 bits per heavy atom. The van der Waals surface area contributed by atoms with E-state index in [9.17, 15) is 4.79 Å². The Bertz CT molecular complexity index is 364. The topological polar surface area (TPSA) is 52.3 Å². The summed E-state index contributed by atoms with van der Waals surface area (Å²) in [5.41, 5.74) is 6.56. The van der Waals surface area contributed by atoms with Crippen molar-refractivity contribution in [3.05, 3.63) is 35.9 Å². The van der Waals surface area contributed by atoms with Crippen LogP contribution < -0.4 is 5.73 Å². The fourth-order valence-corrected chi connectivity index (χ4v) is 2.54. The summed E-state index contributed by atoms with van der Waals surface area (Å²) >= 11 is 0. The number of hydrogen-bond acceptors (Lipinski definition) is 3. The quantitative estimate of drug-likeness (QED) is 0.814. The molecule has 1 aromatic carbocycles. The van der Waals surface area contributed by atoms with E-state index in [1.165, 1.54) is 12.0 Å². The van der Waals surface area contributed by atoms with Crippen molar-refractivity contribution in [2.45, 2.75) is 37.7 Å². The SMILES string of the molecule is NCC(=O)OC1CCCCC1c1ccccc1. The van der Waals surface area contributed by atoms with Crippen molar-refractivity contribution in [1.82, 2.24) is 0 Å². The summed E-state index contributed by atoms with van der Waals surface area (Å²) in [7, 11) is 0. The molecule has 0 amide bonds. The Morgan fingerprint density at radius 1 is 1.24 bits per heavy atom. The summed E-state index contributed by atoms with van der Waals surface area (Å²) in [5.74, 6) is 0.0401. The van der Waals surface area contributed by atoms with E-state index < -0.39 is 0 Å². The molecule has 17 heavy (non-hydrogen) atoms. The van der Waals surface area contributed by atoms with Crippen LogP contribution in [0.3, 0.4) is 0 Å². The fourth-order valence-electron chi connectivity index (χ4n) is 2.54. The summed E-state index contributed by atoms with van der Waals surface area (Å²) in [6, 6.07) is 10.3. The molecule has 2 rings (SSSR count). The van der Waals surface area contributed by atoms with Crippen LogP contribution in [0, 0.1) is 0 Å². The lowest BCUT2D eigenvalue weighted by atomic mass is 9.81. The van der Waals surface area contributed by atoms with Gasteiger partial charge < -0.3 is 10.5 Å². The fraction of sp³-hybridized carbons (Fsp3) is 0.500. The molecule has 3 heteroatoms. The van der Waals surface area contributed by atoms with Gasteiger partial charge in [0.15, 0.2) is 0 Å². The number of rotatable bonds is 3. The third kappa shape index (κ3) is 3.07. The minimum absolute atomic E-state index is 0.00204. The van der Waals surface area contributed by atoms with Crippen LogP contribution in [0.4, 0.5) is 0 Å². The van der Waals surface area contributed by atoms with E-state index in [0.717, 1.165) is 19.3 Å². The standard InChI is InChI=1S/C14H19NO2/c15-10-14(16)17-13-9-5-4-8-12(13)11-6-2-1-3-7-11/h1-3,6-7,12-13H,4-5,8-10,15H2. The highest BCUT2D eigenvalue weighted by Gasteiger charge is 2.28. The van der Waals surface area contributed by atoms with Gasteiger partial charge in [-0.1, -0.05) is 36.8 Å². The van der Waals surface area contributed by atoms with Crippen LogP contribution in [0.15, 0.2) is 30.3 Å². The molecule has 0 aromatic heterocycles. The zero-order chi connectivity index (χ0) is 12.1. The normalized spacial score (nSPS) is 24.3. The van der Waals surface area contributed by atoms with Crippen molar-refractivity contribution in [2.24, 2.45) is 5.73 Å². The second-order valence-electron chi connectivity index (χ2n) is 4.53. The largest absolute Gasteiger partial charge is 0.461 e. The van der Waals surface area contributed by atoms with E-state index in [1.54, 1.807) is 0 Å². The first-order chi connectivity index (χ1) is 8.31. The van der Waals surface area contributed by atoms with Gasteiger partial charge >= 0.3 is 5.97 Å². The molecular weight excluding hydrogens is 214 g/mol. The van der Waals surface area contributed by atoms with E-state index in [-0.39, 0.29) is 18.6 Å². The van der Waals surface area contributed by atoms with Gasteiger partial charge in [0.1, 0.15) is 6.10 Å². The van der Waals surface area contributed by atoms with Gasteiger partial charge in [-0.3, -0.25) is 4.79 Å². The molecule has 3 nitrogen and oxygen atoms in total. The highest BCUT2D eigenvalue weighted by molar-refractivity contribution is 5.71. The number of benzene rings is 1. The van der Waals surface area contributed by atoms with Gasteiger partial charge in [0.05, 0.1) is 6.54 Å². The molecule has 1 aromatic rings. The van der Waals surface area contributed by atoms with Gasteiger partial charge in [-0.15, -0.1) is 0 Å². The molecule has 0 aliphatic heterocycles. The van der Waals surface area contributed by atoms with Crippen molar-refractivity contribution in [3.8, 4) is 0 Å². The molecule has 1 aliphatic rings. The molecule has 0 radical (unpaired) electrons. The molecule has 2 unspecified atom stereocenters. The molecular formula is C14H19NO2. The smallest absolute Gasteiger partial charge is 0.319 e. The minimum atomic E-state index is -0.294. The van der Waals surface area contributed by atoms with E-state index in [1.807, 2.05) is 18.2 Å². The number of carbonyl (C=O) groups is 1. The zero-order valence-electron chi connectivity index (χ0n) is 9.97. The van der Waals surface area contributed by atoms with Crippen molar-refractivity contribution in [3.63, 3.8) is 0 Å². The summed E-state index contributed by atoms with van der Waals surface area (Å²) < 4.78 is 5.44. The predicted molar refractivity (Wildman–Crippen MR) is 66.6 cm³/mol. The lowest BCUT2D eigenvalue weighted by molar-refractivity contribution is -0.149. The minimum Gasteiger partial charge on any atom is -0.461 e. The van der Waals surface area contributed by atoms with E-state index in [2.05, 4.69) is 12.1 Å². The van der Waals surface area contributed by atoms with Crippen molar-refractivity contribution < 1.29 is 9.53 Å². The zero-order valence-corrected chi connectivity index (χ0v) is 9.97. The maximum atomic E-state index is 11.3. The first-order valence-corrected chi connectivity index (χ1v) is 6.25. The van der Waals surface area contributed by atoms with E-state index >= 15 is 0 Å². The second kappa shape index (κ2) is 5.82. The third-order valence-electron chi connectivity index (χ3n) is 3.38. The van der Waals surface area contributed by atoms with Gasteiger partial charge in [-0.2, -0.15) is 0 Å². The monoisotopic (exact) mass is 233 g/mol. The Morgan fingerprint density at radius 3 is 2.65 bits per heavy atom. The molecule has 0 bridgehead atoms. The highest BCUT2D eigenvalue weighted by Crippen LogP contribution is 2.34. The Labute approximate surface area is 102 Å². The number of ether oxygens (including phenoxy) is 1. The van der Waals surface area contributed by atoms with Crippen LogP contribution in [0.1, 0.15) is 37.2 Å². The third-order valence-corrected chi connectivity index (χ3v) is 3.38. The average Bonchev–Trinajstić information content (AvgIpc) is 2.40. The van der Waals surface area contributed by atoms with E-state index in [4.69, 9.17) is 10.5 Å². The summed E-state index contributed by atoms with van der Waals surface area (Å²) in [4.78, 5) is 11.3. The maximum Gasteiger partial charge on any atom is 0.319 e. The second-order valence-corrected chi connectivity index (χ2v) is 4.53. The number of carbonyl (C=O) groups excluding carboxylic acids is 1. The van der Waals surface area contributed by atoms with Gasteiger partial charge in [0, 0.05) is 5.92 Å². The Kier molecular flexibility index (Phi) is 4.15. The lowest BCUT2D eigenvalue weighted by Crippen LogP contribution is -2.31. The van der Waals surface area contributed by atoms with Crippen LogP contribution in [-0.2, 0) is 9.53 Å². The predicted octanol–water partition coefficient (Wildman–Crippen LogP) is 2.21. The molecule has 0 saturated heterocycles. The molecule has 1 saturated carbocycles.